The summed E-state index contributed by atoms with van der Waals surface area (Å²) in [4.78, 5) is 4.59. The Labute approximate surface area is 130 Å². The summed E-state index contributed by atoms with van der Waals surface area (Å²) in [5, 5.41) is 0. The fourth-order valence-electron chi connectivity index (χ4n) is 2.33. The Morgan fingerprint density at radius 1 is 1.24 bits per heavy atom. The fourth-order valence-corrected chi connectivity index (χ4v) is 2.33. The van der Waals surface area contributed by atoms with E-state index >= 15 is 0 Å². The van der Waals surface area contributed by atoms with E-state index in [0.29, 0.717) is 0 Å². The van der Waals surface area contributed by atoms with Gasteiger partial charge in [-0.15, -0.1) is 0 Å². The third kappa shape index (κ3) is 4.70. The van der Waals surface area contributed by atoms with Crippen LogP contribution in [0.1, 0.15) is 65.1 Å². The van der Waals surface area contributed by atoms with Gasteiger partial charge in [-0.05, 0) is 62.8 Å². The van der Waals surface area contributed by atoms with Crippen LogP contribution in [0.5, 0.6) is 0 Å². The molecule has 1 aromatic heterocycles. The van der Waals surface area contributed by atoms with Crippen LogP contribution in [0.25, 0.3) is 5.57 Å². The molecular formula is C20H29N. The SMILES string of the molecule is C=C(/C(=C\C)c1ccc(CCCC)nc1)/C(C)=C(\C)CC. The summed E-state index contributed by atoms with van der Waals surface area (Å²) in [5.74, 6) is 0. The van der Waals surface area contributed by atoms with Crippen molar-refractivity contribution in [1.82, 2.24) is 4.98 Å². The second kappa shape index (κ2) is 8.61. The number of unbranched alkanes of at least 4 members (excludes halogenated alkanes) is 1. The Morgan fingerprint density at radius 2 is 1.95 bits per heavy atom. The summed E-state index contributed by atoms with van der Waals surface area (Å²) in [5.41, 5.74) is 7.33. The first kappa shape index (κ1) is 17.4. The molecule has 0 aliphatic heterocycles. The van der Waals surface area contributed by atoms with E-state index in [1.807, 2.05) is 6.20 Å². The maximum Gasteiger partial charge on any atom is 0.0404 e. The van der Waals surface area contributed by atoms with E-state index in [0.717, 1.165) is 24.0 Å². The molecule has 0 saturated carbocycles. The molecule has 0 aliphatic carbocycles. The maximum absolute atomic E-state index is 4.59. The number of allylic oxidation sites excluding steroid dienone is 5. The van der Waals surface area contributed by atoms with Crippen LogP contribution in [0.4, 0.5) is 0 Å². The van der Waals surface area contributed by atoms with E-state index in [1.54, 1.807) is 0 Å². The number of nitrogens with zero attached hydrogens (tertiary/aromatic N) is 1. The van der Waals surface area contributed by atoms with Crippen LogP contribution in [-0.2, 0) is 6.42 Å². The van der Waals surface area contributed by atoms with Gasteiger partial charge in [-0.1, -0.05) is 44.6 Å². The molecular weight excluding hydrogens is 254 g/mol. The molecule has 1 nitrogen and oxygen atoms in total. The molecule has 0 saturated heterocycles. The minimum atomic E-state index is 1.07. The highest BCUT2D eigenvalue weighted by atomic mass is 14.7. The number of aryl methyl sites for hydroxylation is 1. The first-order chi connectivity index (χ1) is 10.0. The van der Waals surface area contributed by atoms with E-state index in [4.69, 9.17) is 0 Å². The third-order valence-corrected chi connectivity index (χ3v) is 4.16. The second-order valence-electron chi connectivity index (χ2n) is 5.58. The topological polar surface area (TPSA) is 12.9 Å². The van der Waals surface area contributed by atoms with Gasteiger partial charge in [0.2, 0.25) is 0 Å². The van der Waals surface area contributed by atoms with Crippen molar-refractivity contribution in [2.24, 2.45) is 0 Å². The smallest absolute Gasteiger partial charge is 0.0404 e. The molecule has 21 heavy (non-hydrogen) atoms. The summed E-state index contributed by atoms with van der Waals surface area (Å²) in [6.45, 7) is 15.1. The van der Waals surface area contributed by atoms with Gasteiger partial charge in [-0.2, -0.15) is 0 Å². The monoisotopic (exact) mass is 283 g/mol. The van der Waals surface area contributed by atoms with Gasteiger partial charge in [-0.25, -0.2) is 0 Å². The van der Waals surface area contributed by atoms with Crippen molar-refractivity contribution in [3.05, 3.63) is 59.0 Å². The lowest BCUT2D eigenvalue weighted by Gasteiger charge is -2.14. The molecule has 1 aromatic rings. The minimum Gasteiger partial charge on any atom is -0.261 e. The van der Waals surface area contributed by atoms with E-state index < -0.39 is 0 Å². The highest BCUT2D eigenvalue weighted by Crippen LogP contribution is 2.29. The lowest BCUT2D eigenvalue weighted by Crippen LogP contribution is -1.96. The van der Waals surface area contributed by atoms with Crippen LogP contribution >= 0.6 is 0 Å². The third-order valence-electron chi connectivity index (χ3n) is 4.16. The number of hydrogen-bond acceptors (Lipinski definition) is 1. The van der Waals surface area contributed by atoms with Gasteiger partial charge < -0.3 is 0 Å². The number of hydrogen-bond donors (Lipinski definition) is 0. The van der Waals surface area contributed by atoms with Crippen molar-refractivity contribution >= 4 is 5.57 Å². The highest BCUT2D eigenvalue weighted by molar-refractivity contribution is 5.82. The van der Waals surface area contributed by atoms with Gasteiger partial charge in [0, 0.05) is 17.5 Å². The molecule has 0 aromatic carbocycles. The standard InChI is InChI=1S/C20H29N/c1-7-10-11-19-13-12-18(14-21-19)20(9-3)17(6)16(5)15(4)8-2/h9,12-14H,6-8,10-11H2,1-5H3/b16-15+,20-9+. The van der Waals surface area contributed by atoms with Gasteiger partial charge in [0.1, 0.15) is 0 Å². The molecule has 0 unspecified atom stereocenters. The Kier molecular flexibility index (Phi) is 7.14. The first-order valence-corrected chi connectivity index (χ1v) is 8.02. The zero-order valence-electron chi connectivity index (χ0n) is 14.3. The summed E-state index contributed by atoms with van der Waals surface area (Å²) < 4.78 is 0. The van der Waals surface area contributed by atoms with Crippen LogP contribution in [0.15, 0.2) is 47.7 Å². The molecule has 1 heteroatoms. The first-order valence-electron chi connectivity index (χ1n) is 8.02. The van der Waals surface area contributed by atoms with Crippen molar-refractivity contribution in [3.63, 3.8) is 0 Å². The molecule has 0 aliphatic rings. The fraction of sp³-hybridized carbons (Fsp3) is 0.450. The van der Waals surface area contributed by atoms with E-state index in [-0.39, 0.29) is 0 Å². The van der Waals surface area contributed by atoms with Gasteiger partial charge in [0.15, 0.2) is 0 Å². The molecule has 0 bridgehead atoms. The molecule has 0 radical (unpaired) electrons. The molecule has 0 N–H and O–H groups in total. The Bertz CT molecular complexity index is 529. The van der Waals surface area contributed by atoms with Crippen molar-refractivity contribution in [2.75, 3.05) is 0 Å². The van der Waals surface area contributed by atoms with Crippen LogP contribution in [0.3, 0.4) is 0 Å². The Balaban J connectivity index is 2.99. The van der Waals surface area contributed by atoms with Crippen LogP contribution < -0.4 is 0 Å². The van der Waals surface area contributed by atoms with Crippen LogP contribution in [-0.4, -0.2) is 4.98 Å². The highest BCUT2D eigenvalue weighted by Gasteiger charge is 2.09. The van der Waals surface area contributed by atoms with Gasteiger partial charge in [0.25, 0.3) is 0 Å². The van der Waals surface area contributed by atoms with Crippen molar-refractivity contribution < 1.29 is 0 Å². The lowest BCUT2D eigenvalue weighted by molar-refractivity contribution is 0.776. The average molecular weight is 283 g/mol. The van der Waals surface area contributed by atoms with E-state index in [2.05, 4.69) is 64.4 Å². The number of pyridine rings is 1. The normalized spacial score (nSPS) is 13.1. The zero-order chi connectivity index (χ0) is 15.8. The molecule has 0 spiro atoms. The van der Waals surface area contributed by atoms with E-state index in [1.165, 1.54) is 35.3 Å². The Morgan fingerprint density at radius 3 is 2.43 bits per heavy atom. The molecule has 1 rings (SSSR count). The predicted molar refractivity (Wildman–Crippen MR) is 94.3 cm³/mol. The van der Waals surface area contributed by atoms with Crippen molar-refractivity contribution in [1.29, 1.82) is 0 Å². The van der Waals surface area contributed by atoms with Crippen LogP contribution in [0.2, 0.25) is 0 Å². The van der Waals surface area contributed by atoms with Crippen LogP contribution in [0, 0.1) is 0 Å². The summed E-state index contributed by atoms with van der Waals surface area (Å²) in [6, 6.07) is 4.32. The van der Waals surface area contributed by atoms with Gasteiger partial charge in [-0.3, -0.25) is 4.98 Å². The molecule has 0 amide bonds. The number of aromatic nitrogens is 1. The summed E-state index contributed by atoms with van der Waals surface area (Å²) in [7, 11) is 0. The van der Waals surface area contributed by atoms with Gasteiger partial charge >= 0.3 is 0 Å². The summed E-state index contributed by atoms with van der Waals surface area (Å²) >= 11 is 0. The second-order valence-corrected chi connectivity index (χ2v) is 5.58. The summed E-state index contributed by atoms with van der Waals surface area (Å²) in [6.07, 6.45) is 8.66. The maximum atomic E-state index is 4.59. The Hall–Kier alpha value is -1.63. The largest absolute Gasteiger partial charge is 0.261 e. The van der Waals surface area contributed by atoms with Gasteiger partial charge in [0.05, 0.1) is 0 Å². The van der Waals surface area contributed by atoms with Crippen molar-refractivity contribution in [3.8, 4) is 0 Å². The van der Waals surface area contributed by atoms with Crippen molar-refractivity contribution in [2.45, 2.75) is 60.3 Å². The number of rotatable bonds is 7. The predicted octanol–water partition coefficient (Wildman–Crippen LogP) is 6.13. The zero-order valence-corrected chi connectivity index (χ0v) is 14.3. The van der Waals surface area contributed by atoms with E-state index in [9.17, 15) is 0 Å². The molecule has 0 atom stereocenters. The lowest BCUT2D eigenvalue weighted by atomic mass is 9.91. The average Bonchev–Trinajstić information content (AvgIpc) is 2.53. The quantitative estimate of drug-likeness (QED) is 0.548. The molecule has 0 fully saturated rings. The minimum absolute atomic E-state index is 1.07. The molecule has 114 valence electrons. The molecule has 1 heterocycles.